The molecule has 0 aliphatic heterocycles. The van der Waals surface area contributed by atoms with Crippen molar-refractivity contribution in [1.82, 2.24) is 0 Å². The summed E-state index contributed by atoms with van der Waals surface area (Å²) in [5.74, 6) is 0.793. The van der Waals surface area contributed by atoms with Crippen LogP contribution in [-0.2, 0) is 0 Å². The molecule has 0 heterocycles. The fourth-order valence-electron chi connectivity index (χ4n) is 2.10. The van der Waals surface area contributed by atoms with Crippen molar-refractivity contribution in [2.75, 3.05) is 7.11 Å². The molecule has 0 aromatic heterocycles. The van der Waals surface area contributed by atoms with Gasteiger partial charge in [-0.05, 0) is 43.2 Å². The van der Waals surface area contributed by atoms with Crippen molar-refractivity contribution >= 4 is 0 Å². The predicted octanol–water partition coefficient (Wildman–Crippen LogP) is 3.85. The van der Waals surface area contributed by atoms with Crippen molar-refractivity contribution in [3.05, 3.63) is 53.1 Å². The van der Waals surface area contributed by atoms with E-state index in [0.717, 1.165) is 16.9 Å². The number of hydrogen-bond acceptors (Lipinski definition) is 2. The first-order valence-electron chi connectivity index (χ1n) is 5.81. The topological polar surface area (TPSA) is 33.0 Å². The van der Waals surface area contributed by atoms with E-state index in [0.29, 0.717) is 5.56 Å². The van der Waals surface area contributed by atoms with E-state index in [1.165, 1.54) is 11.1 Å². The van der Waals surface area contributed by atoms with Crippen LogP contribution in [0.5, 0.6) is 5.75 Å². The first kappa shape index (κ1) is 12.2. The van der Waals surface area contributed by atoms with Gasteiger partial charge in [0.15, 0.2) is 0 Å². The molecule has 2 rings (SSSR count). The van der Waals surface area contributed by atoms with Gasteiger partial charge in [-0.15, -0.1) is 0 Å². The van der Waals surface area contributed by atoms with Crippen LogP contribution in [0.15, 0.2) is 36.4 Å². The summed E-state index contributed by atoms with van der Waals surface area (Å²) in [4.78, 5) is 0. The van der Waals surface area contributed by atoms with Gasteiger partial charge in [-0.25, -0.2) is 0 Å². The summed E-state index contributed by atoms with van der Waals surface area (Å²) in [6.07, 6.45) is 0. The maximum absolute atomic E-state index is 9.00. The van der Waals surface area contributed by atoms with E-state index >= 15 is 0 Å². The monoisotopic (exact) mass is 237 g/mol. The van der Waals surface area contributed by atoms with Crippen molar-refractivity contribution in [3.63, 3.8) is 0 Å². The van der Waals surface area contributed by atoms with E-state index in [2.05, 4.69) is 38.1 Å². The van der Waals surface area contributed by atoms with Crippen molar-refractivity contribution in [1.29, 1.82) is 5.26 Å². The maximum Gasteiger partial charge on any atom is 0.126 e. The molecule has 2 aromatic carbocycles. The number of hydrogen-bond donors (Lipinski definition) is 0. The number of ether oxygens (including phenoxy) is 1. The molecule has 0 saturated carbocycles. The summed E-state index contributed by atoms with van der Waals surface area (Å²) in [6.45, 7) is 4.14. The maximum atomic E-state index is 9.00. The first-order chi connectivity index (χ1) is 8.65. The average molecular weight is 237 g/mol. The molecule has 0 saturated heterocycles. The van der Waals surface area contributed by atoms with Crippen molar-refractivity contribution in [2.24, 2.45) is 0 Å². The van der Waals surface area contributed by atoms with Crippen LogP contribution in [0.1, 0.15) is 16.7 Å². The lowest BCUT2D eigenvalue weighted by atomic mass is 9.96. The minimum Gasteiger partial charge on any atom is -0.496 e. The number of benzene rings is 2. The molecule has 2 aromatic rings. The van der Waals surface area contributed by atoms with Gasteiger partial charge >= 0.3 is 0 Å². The highest BCUT2D eigenvalue weighted by molar-refractivity contribution is 5.74. The third-order valence-electron chi connectivity index (χ3n) is 3.00. The molecule has 0 radical (unpaired) electrons. The number of nitriles is 1. The van der Waals surface area contributed by atoms with E-state index < -0.39 is 0 Å². The van der Waals surface area contributed by atoms with Gasteiger partial charge in [-0.2, -0.15) is 5.26 Å². The van der Waals surface area contributed by atoms with Crippen LogP contribution < -0.4 is 4.74 Å². The first-order valence-corrected chi connectivity index (χ1v) is 5.81. The predicted molar refractivity (Wildman–Crippen MR) is 72.6 cm³/mol. The SMILES string of the molecule is COc1ccc(C#N)cc1-c1ccc(C)cc1C. The number of rotatable bonds is 2. The van der Waals surface area contributed by atoms with Crippen LogP contribution >= 0.6 is 0 Å². The zero-order valence-corrected chi connectivity index (χ0v) is 10.8. The minimum atomic E-state index is 0.644. The fraction of sp³-hybridized carbons (Fsp3) is 0.188. The highest BCUT2D eigenvalue weighted by Crippen LogP contribution is 2.33. The van der Waals surface area contributed by atoms with Gasteiger partial charge in [0.25, 0.3) is 0 Å². The van der Waals surface area contributed by atoms with E-state index in [9.17, 15) is 0 Å². The Morgan fingerprint density at radius 3 is 2.39 bits per heavy atom. The lowest BCUT2D eigenvalue weighted by Crippen LogP contribution is -1.91. The molecule has 2 nitrogen and oxygen atoms in total. The van der Waals surface area contributed by atoms with Crippen LogP contribution in [0.3, 0.4) is 0 Å². The van der Waals surface area contributed by atoms with Crippen LogP contribution in [0, 0.1) is 25.2 Å². The molecule has 0 bridgehead atoms. The Balaban J connectivity index is 2.65. The number of methoxy groups -OCH3 is 1. The molecule has 0 aliphatic rings. The molecule has 0 fully saturated rings. The molecule has 0 N–H and O–H groups in total. The molecule has 0 atom stereocenters. The summed E-state index contributed by atoms with van der Waals surface area (Å²) in [7, 11) is 1.65. The normalized spacial score (nSPS) is 9.89. The van der Waals surface area contributed by atoms with Crippen LogP contribution in [0.4, 0.5) is 0 Å². The third kappa shape index (κ3) is 2.21. The van der Waals surface area contributed by atoms with Crippen LogP contribution in [-0.4, -0.2) is 7.11 Å². The molecule has 0 aliphatic carbocycles. The van der Waals surface area contributed by atoms with Crippen LogP contribution in [0.25, 0.3) is 11.1 Å². The second-order valence-electron chi connectivity index (χ2n) is 4.35. The third-order valence-corrected chi connectivity index (χ3v) is 3.00. The Kier molecular flexibility index (Phi) is 3.34. The van der Waals surface area contributed by atoms with E-state index in [1.807, 2.05) is 12.1 Å². The van der Waals surface area contributed by atoms with Gasteiger partial charge in [-0.3, -0.25) is 0 Å². The van der Waals surface area contributed by atoms with Gasteiger partial charge < -0.3 is 4.74 Å². The van der Waals surface area contributed by atoms with Gasteiger partial charge in [0.05, 0.1) is 18.7 Å². The summed E-state index contributed by atoms with van der Waals surface area (Å²) in [5, 5.41) is 9.00. The van der Waals surface area contributed by atoms with Gasteiger partial charge in [0.2, 0.25) is 0 Å². The average Bonchev–Trinajstić information content (AvgIpc) is 2.38. The zero-order valence-electron chi connectivity index (χ0n) is 10.8. The van der Waals surface area contributed by atoms with E-state index in [1.54, 1.807) is 13.2 Å². The minimum absolute atomic E-state index is 0.644. The molecular formula is C16H15NO. The van der Waals surface area contributed by atoms with Gasteiger partial charge in [-0.1, -0.05) is 23.8 Å². The summed E-state index contributed by atoms with van der Waals surface area (Å²) >= 11 is 0. The van der Waals surface area contributed by atoms with Crippen molar-refractivity contribution < 1.29 is 4.74 Å². The smallest absolute Gasteiger partial charge is 0.126 e. The number of nitrogens with zero attached hydrogens (tertiary/aromatic N) is 1. The molecule has 18 heavy (non-hydrogen) atoms. The summed E-state index contributed by atoms with van der Waals surface area (Å²) in [6, 6.07) is 13.9. The molecule has 90 valence electrons. The fourth-order valence-corrected chi connectivity index (χ4v) is 2.10. The summed E-state index contributed by atoms with van der Waals surface area (Å²) in [5.41, 5.74) is 5.13. The summed E-state index contributed by atoms with van der Waals surface area (Å²) < 4.78 is 5.38. The van der Waals surface area contributed by atoms with Crippen molar-refractivity contribution in [3.8, 4) is 22.9 Å². The lowest BCUT2D eigenvalue weighted by molar-refractivity contribution is 0.416. The van der Waals surface area contributed by atoms with Gasteiger partial charge in [0.1, 0.15) is 5.75 Å². The highest BCUT2D eigenvalue weighted by atomic mass is 16.5. The molecule has 0 amide bonds. The Hall–Kier alpha value is -2.27. The van der Waals surface area contributed by atoms with E-state index in [4.69, 9.17) is 10.00 Å². The van der Waals surface area contributed by atoms with Gasteiger partial charge in [0, 0.05) is 5.56 Å². The second-order valence-corrected chi connectivity index (χ2v) is 4.35. The van der Waals surface area contributed by atoms with Crippen LogP contribution in [0.2, 0.25) is 0 Å². The Bertz CT molecular complexity index is 623. The lowest BCUT2D eigenvalue weighted by Gasteiger charge is -2.12. The molecule has 2 heteroatoms. The number of aryl methyl sites for hydroxylation is 2. The Labute approximate surface area is 107 Å². The largest absolute Gasteiger partial charge is 0.496 e. The second kappa shape index (κ2) is 4.93. The van der Waals surface area contributed by atoms with Crippen molar-refractivity contribution in [2.45, 2.75) is 13.8 Å². The molecule has 0 unspecified atom stereocenters. The zero-order chi connectivity index (χ0) is 13.1. The highest BCUT2D eigenvalue weighted by Gasteiger charge is 2.09. The quantitative estimate of drug-likeness (QED) is 0.794. The standard InChI is InChI=1S/C16H15NO/c1-11-4-6-14(12(2)8-11)15-9-13(10-17)5-7-16(15)18-3/h4-9H,1-3H3. The Morgan fingerprint density at radius 2 is 1.78 bits per heavy atom. The molecule has 0 spiro atoms. The Morgan fingerprint density at radius 1 is 1.00 bits per heavy atom. The molecular weight excluding hydrogens is 222 g/mol. The van der Waals surface area contributed by atoms with E-state index in [-0.39, 0.29) is 0 Å².